The lowest BCUT2D eigenvalue weighted by Gasteiger charge is -2.31. The Balaban J connectivity index is 1.65. The summed E-state index contributed by atoms with van der Waals surface area (Å²) in [6.07, 6.45) is -1.41. The summed E-state index contributed by atoms with van der Waals surface area (Å²) in [5, 5.41) is 2.79. The van der Waals surface area contributed by atoms with Crippen LogP contribution >= 0.6 is 0 Å². The van der Waals surface area contributed by atoms with E-state index in [1.165, 1.54) is 0 Å². The second kappa shape index (κ2) is 7.93. The summed E-state index contributed by atoms with van der Waals surface area (Å²) in [6, 6.07) is 9.44. The van der Waals surface area contributed by atoms with Gasteiger partial charge in [-0.05, 0) is 18.4 Å². The molecule has 1 N–H and O–H groups in total. The smallest absolute Gasteiger partial charge is 0.407 e. The number of nitrogens with zero attached hydrogens (tertiary/aromatic N) is 1. The normalized spacial score (nSPS) is 16.9. The van der Waals surface area contributed by atoms with Crippen LogP contribution in [-0.4, -0.2) is 43.1 Å². The van der Waals surface area contributed by atoms with E-state index in [1.807, 2.05) is 30.3 Å². The van der Waals surface area contributed by atoms with Gasteiger partial charge in [-0.1, -0.05) is 30.3 Å². The average Bonchev–Trinajstić information content (AvgIpc) is 2.48. The van der Waals surface area contributed by atoms with Gasteiger partial charge >= 0.3 is 6.09 Å². The van der Waals surface area contributed by atoms with Gasteiger partial charge in [0.2, 0.25) is 0 Å². The fourth-order valence-corrected chi connectivity index (χ4v) is 2.39. The molecule has 0 aliphatic carbocycles. The number of piperidine rings is 1. The molecule has 4 nitrogen and oxygen atoms in total. The van der Waals surface area contributed by atoms with Crippen molar-refractivity contribution in [3.05, 3.63) is 35.9 Å². The molecule has 0 spiro atoms. The number of amides is 1. The van der Waals surface area contributed by atoms with Crippen molar-refractivity contribution in [1.82, 2.24) is 10.2 Å². The number of nitrogens with one attached hydrogen (secondary N) is 1. The van der Waals surface area contributed by atoms with Crippen molar-refractivity contribution in [2.24, 2.45) is 0 Å². The summed E-state index contributed by atoms with van der Waals surface area (Å²) in [5.41, 5.74) is 0.930. The second-order valence-electron chi connectivity index (χ2n) is 5.17. The number of hydrogen-bond acceptors (Lipinski definition) is 3. The van der Waals surface area contributed by atoms with Gasteiger partial charge in [0, 0.05) is 19.1 Å². The quantitative estimate of drug-likeness (QED) is 0.908. The molecule has 0 aromatic heterocycles. The van der Waals surface area contributed by atoms with E-state index >= 15 is 0 Å². The lowest BCUT2D eigenvalue weighted by Crippen LogP contribution is -2.45. The van der Waals surface area contributed by atoms with Gasteiger partial charge in [-0.2, -0.15) is 0 Å². The first-order valence-electron chi connectivity index (χ1n) is 7.11. The number of rotatable bonds is 5. The van der Waals surface area contributed by atoms with Gasteiger partial charge in [0.1, 0.15) is 6.61 Å². The monoisotopic (exact) mass is 298 g/mol. The first-order chi connectivity index (χ1) is 10.1. The lowest BCUT2D eigenvalue weighted by atomic mass is 10.1. The molecule has 1 aliphatic rings. The predicted molar refractivity (Wildman–Crippen MR) is 75.2 cm³/mol. The zero-order valence-electron chi connectivity index (χ0n) is 11.8. The molecule has 21 heavy (non-hydrogen) atoms. The number of ether oxygens (including phenoxy) is 1. The topological polar surface area (TPSA) is 41.6 Å². The van der Waals surface area contributed by atoms with E-state index < -0.39 is 12.5 Å². The van der Waals surface area contributed by atoms with Gasteiger partial charge in [-0.25, -0.2) is 13.6 Å². The maximum Gasteiger partial charge on any atom is 0.407 e. The minimum atomic E-state index is -2.30. The molecule has 116 valence electrons. The SMILES string of the molecule is O=C(NC1CCN(CC(F)F)CC1)OCc1ccccc1. The third-order valence-corrected chi connectivity index (χ3v) is 3.52. The molecule has 1 aliphatic heterocycles. The molecule has 0 radical (unpaired) electrons. The lowest BCUT2D eigenvalue weighted by molar-refractivity contribution is 0.0710. The zero-order chi connectivity index (χ0) is 15.1. The highest BCUT2D eigenvalue weighted by Gasteiger charge is 2.22. The van der Waals surface area contributed by atoms with Crippen LogP contribution < -0.4 is 5.32 Å². The van der Waals surface area contributed by atoms with Gasteiger partial charge in [-0.15, -0.1) is 0 Å². The number of hydrogen-bond donors (Lipinski definition) is 1. The summed E-state index contributed by atoms with van der Waals surface area (Å²) in [5.74, 6) is 0. The van der Waals surface area contributed by atoms with Crippen molar-refractivity contribution >= 4 is 6.09 Å². The highest BCUT2D eigenvalue weighted by Crippen LogP contribution is 2.12. The number of alkyl halides is 2. The molecule has 1 fully saturated rings. The third kappa shape index (κ3) is 5.67. The first-order valence-corrected chi connectivity index (χ1v) is 7.11. The summed E-state index contributed by atoms with van der Waals surface area (Å²) in [4.78, 5) is 13.4. The van der Waals surface area contributed by atoms with Crippen molar-refractivity contribution in [3.63, 3.8) is 0 Å². The Morgan fingerprint density at radius 1 is 1.29 bits per heavy atom. The minimum absolute atomic E-state index is 0.00203. The standard InChI is InChI=1S/C15H20F2N2O2/c16-14(17)10-19-8-6-13(7-9-19)18-15(20)21-11-12-4-2-1-3-5-12/h1-5,13-14H,6-11H2,(H,18,20). The Labute approximate surface area is 123 Å². The van der Waals surface area contributed by atoms with Crippen LogP contribution in [0.5, 0.6) is 0 Å². The Bertz CT molecular complexity index is 435. The molecule has 0 unspecified atom stereocenters. The third-order valence-electron chi connectivity index (χ3n) is 3.52. The first kappa shape index (κ1) is 15.7. The van der Waals surface area contributed by atoms with Crippen molar-refractivity contribution in [1.29, 1.82) is 0 Å². The Morgan fingerprint density at radius 3 is 2.57 bits per heavy atom. The van der Waals surface area contributed by atoms with E-state index in [-0.39, 0.29) is 19.2 Å². The number of alkyl carbamates (subject to hydrolysis) is 1. The molecule has 0 atom stereocenters. The van der Waals surface area contributed by atoms with Gasteiger partial charge in [0.05, 0.1) is 6.54 Å². The van der Waals surface area contributed by atoms with E-state index in [1.54, 1.807) is 4.90 Å². The number of likely N-dealkylation sites (tertiary alicyclic amines) is 1. The fraction of sp³-hybridized carbons (Fsp3) is 0.533. The molecule has 2 rings (SSSR count). The molecular formula is C15H20F2N2O2. The van der Waals surface area contributed by atoms with Crippen LogP contribution in [0.2, 0.25) is 0 Å². The van der Waals surface area contributed by atoms with E-state index in [0.29, 0.717) is 25.9 Å². The van der Waals surface area contributed by atoms with Gasteiger partial charge < -0.3 is 10.1 Å². The van der Waals surface area contributed by atoms with Crippen LogP contribution in [-0.2, 0) is 11.3 Å². The Kier molecular flexibility index (Phi) is 5.92. The molecule has 1 aromatic carbocycles. The van der Waals surface area contributed by atoms with E-state index in [9.17, 15) is 13.6 Å². The molecule has 1 saturated heterocycles. The average molecular weight is 298 g/mol. The second-order valence-corrected chi connectivity index (χ2v) is 5.17. The van der Waals surface area contributed by atoms with Gasteiger partial charge in [0.15, 0.2) is 0 Å². The number of benzene rings is 1. The summed E-state index contributed by atoms with van der Waals surface area (Å²) < 4.78 is 29.7. The molecule has 1 heterocycles. The molecule has 0 bridgehead atoms. The van der Waals surface area contributed by atoms with Crippen molar-refractivity contribution in [2.75, 3.05) is 19.6 Å². The van der Waals surface area contributed by atoms with Gasteiger partial charge in [0.25, 0.3) is 6.43 Å². The number of carbonyl (C=O) groups excluding carboxylic acids is 1. The molecule has 6 heteroatoms. The molecule has 0 saturated carbocycles. The van der Waals surface area contributed by atoms with Crippen LogP contribution in [0.25, 0.3) is 0 Å². The Morgan fingerprint density at radius 2 is 1.95 bits per heavy atom. The van der Waals surface area contributed by atoms with E-state index in [0.717, 1.165) is 5.56 Å². The predicted octanol–water partition coefficient (Wildman–Crippen LogP) is 2.64. The zero-order valence-corrected chi connectivity index (χ0v) is 11.8. The fourth-order valence-electron chi connectivity index (χ4n) is 2.39. The minimum Gasteiger partial charge on any atom is -0.445 e. The van der Waals surface area contributed by atoms with Crippen molar-refractivity contribution in [3.8, 4) is 0 Å². The number of carbonyl (C=O) groups is 1. The van der Waals surface area contributed by atoms with Crippen molar-refractivity contribution in [2.45, 2.75) is 31.9 Å². The molecular weight excluding hydrogens is 278 g/mol. The van der Waals surface area contributed by atoms with Crippen molar-refractivity contribution < 1.29 is 18.3 Å². The maximum absolute atomic E-state index is 12.3. The molecule has 1 amide bonds. The highest BCUT2D eigenvalue weighted by molar-refractivity contribution is 5.67. The summed E-state index contributed by atoms with van der Waals surface area (Å²) >= 11 is 0. The number of halogens is 2. The van der Waals surface area contributed by atoms with Crippen LogP contribution in [0.3, 0.4) is 0 Å². The largest absolute Gasteiger partial charge is 0.445 e. The molecule has 1 aromatic rings. The van der Waals surface area contributed by atoms with Gasteiger partial charge in [-0.3, -0.25) is 4.90 Å². The van der Waals surface area contributed by atoms with Crippen LogP contribution in [0.15, 0.2) is 30.3 Å². The van der Waals surface area contributed by atoms with Crippen LogP contribution in [0, 0.1) is 0 Å². The van der Waals surface area contributed by atoms with Crippen LogP contribution in [0.4, 0.5) is 13.6 Å². The highest BCUT2D eigenvalue weighted by atomic mass is 19.3. The van der Waals surface area contributed by atoms with Crippen LogP contribution in [0.1, 0.15) is 18.4 Å². The summed E-state index contributed by atoms with van der Waals surface area (Å²) in [7, 11) is 0. The maximum atomic E-state index is 12.3. The van der Waals surface area contributed by atoms with E-state index in [4.69, 9.17) is 4.74 Å². The summed E-state index contributed by atoms with van der Waals surface area (Å²) in [6.45, 7) is 1.20. The van der Waals surface area contributed by atoms with E-state index in [2.05, 4.69) is 5.32 Å². The Hall–Kier alpha value is -1.69.